The van der Waals surface area contributed by atoms with Crippen molar-refractivity contribution < 1.29 is 14.3 Å². The SMILES string of the molecule is COc1ccc(OC)c(CC(=O)N[C@@H](C)C23CC4CC(CC(C4)C2)C3)c1. The number of rotatable bonds is 6. The van der Waals surface area contributed by atoms with E-state index in [0.717, 1.165) is 34.8 Å². The molecular weight excluding hydrogens is 326 g/mol. The van der Waals surface area contributed by atoms with Crippen LogP contribution < -0.4 is 14.8 Å². The van der Waals surface area contributed by atoms with Gasteiger partial charge in [0, 0.05) is 11.6 Å². The molecule has 142 valence electrons. The summed E-state index contributed by atoms with van der Waals surface area (Å²) in [6, 6.07) is 5.87. The lowest BCUT2D eigenvalue weighted by Crippen LogP contribution is -2.56. The number of carbonyl (C=O) groups is 1. The van der Waals surface area contributed by atoms with Crippen molar-refractivity contribution in [3.05, 3.63) is 23.8 Å². The molecular formula is C22H31NO3. The summed E-state index contributed by atoms with van der Waals surface area (Å²) in [5.41, 5.74) is 1.21. The van der Waals surface area contributed by atoms with Gasteiger partial charge in [-0.1, -0.05) is 0 Å². The Morgan fingerprint density at radius 1 is 1.12 bits per heavy atom. The average molecular weight is 357 g/mol. The van der Waals surface area contributed by atoms with E-state index in [4.69, 9.17) is 9.47 Å². The first-order chi connectivity index (χ1) is 12.5. The van der Waals surface area contributed by atoms with E-state index < -0.39 is 0 Å². The van der Waals surface area contributed by atoms with Gasteiger partial charge >= 0.3 is 0 Å². The molecule has 1 amide bonds. The molecule has 26 heavy (non-hydrogen) atoms. The number of methoxy groups -OCH3 is 2. The van der Waals surface area contributed by atoms with E-state index in [9.17, 15) is 4.79 Å². The number of ether oxygens (including phenoxy) is 2. The van der Waals surface area contributed by atoms with Gasteiger partial charge in [-0.3, -0.25) is 4.79 Å². The smallest absolute Gasteiger partial charge is 0.224 e. The molecule has 0 unspecified atom stereocenters. The van der Waals surface area contributed by atoms with Crippen molar-refractivity contribution in [1.82, 2.24) is 5.32 Å². The Hall–Kier alpha value is -1.71. The third-order valence-corrected chi connectivity index (χ3v) is 7.22. The zero-order chi connectivity index (χ0) is 18.3. The molecule has 4 fully saturated rings. The maximum atomic E-state index is 12.8. The molecule has 1 N–H and O–H groups in total. The van der Waals surface area contributed by atoms with E-state index in [-0.39, 0.29) is 11.9 Å². The van der Waals surface area contributed by atoms with Crippen molar-refractivity contribution in [2.24, 2.45) is 23.2 Å². The second-order valence-electron chi connectivity index (χ2n) is 8.92. The van der Waals surface area contributed by atoms with E-state index >= 15 is 0 Å². The summed E-state index contributed by atoms with van der Waals surface area (Å²) in [7, 11) is 3.28. The second-order valence-corrected chi connectivity index (χ2v) is 8.92. The highest BCUT2D eigenvalue weighted by molar-refractivity contribution is 5.79. The summed E-state index contributed by atoms with van der Waals surface area (Å²) in [5, 5.41) is 3.34. The lowest BCUT2D eigenvalue weighted by atomic mass is 9.48. The van der Waals surface area contributed by atoms with Gasteiger partial charge in [0.1, 0.15) is 11.5 Å². The van der Waals surface area contributed by atoms with E-state index in [1.807, 2.05) is 18.2 Å². The molecule has 4 aliphatic carbocycles. The predicted octanol–water partition coefficient (Wildman–Crippen LogP) is 3.97. The van der Waals surface area contributed by atoms with Crippen LogP contribution in [0.25, 0.3) is 0 Å². The fraction of sp³-hybridized carbons (Fsp3) is 0.682. The maximum absolute atomic E-state index is 12.8. The minimum absolute atomic E-state index is 0.0831. The van der Waals surface area contributed by atoms with Crippen LogP contribution in [0.1, 0.15) is 51.0 Å². The average Bonchev–Trinajstić information content (AvgIpc) is 2.60. The van der Waals surface area contributed by atoms with Crippen LogP contribution in [0, 0.1) is 23.2 Å². The lowest BCUT2D eigenvalue weighted by Gasteiger charge is -2.59. The van der Waals surface area contributed by atoms with Crippen LogP contribution in [0.15, 0.2) is 18.2 Å². The summed E-state index contributed by atoms with van der Waals surface area (Å²) >= 11 is 0. The van der Waals surface area contributed by atoms with Crippen LogP contribution in [-0.4, -0.2) is 26.2 Å². The minimum Gasteiger partial charge on any atom is -0.497 e. The zero-order valence-corrected chi connectivity index (χ0v) is 16.2. The van der Waals surface area contributed by atoms with Gasteiger partial charge in [-0.05, 0) is 86.8 Å². The lowest BCUT2D eigenvalue weighted by molar-refractivity contribution is -0.125. The molecule has 1 aromatic carbocycles. The Balaban J connectivity index is 1.44. The van der Waals surface area contributed by atoms with Crippen molar-refractivity contribution >= 4 is 5.91 Å². The molecule has 0 aliphatic heterocycles. The van der Waals surface area contributed by atoms with Gasteiger partial charge in [-0.2, -0.15) is 0 Å². The highest BCUT2D eigenvalue weighted by Crippen LogP contribution is 2.61. The molecule has 4 aliphatic rings. The van der Waals surface area contributed by atoms with Crippen LogP contribution >= 0.6 is 0 Å². The standard InChI is InChI=1S/C22H31NO3/c1-14(22-11-15-6-16(12-22)8-17(7-15)13-22)23-21(24)10-18-9-19(25-2)4-5-20(18)26-3/h4-5,9,14-17H,6-8,10-13H2,1-3H3,(H,23,24)/t14-,15?,16?,17?,22?/m0/s1. The summed E-state index contributed by atoms with van der Waals surface area (Å²) in [5.74, 6) is 4.28. The molecule has 4 bridgehead atoms. The van der Waals surface area contributed by atoms with Crippen LogP contribution in [0.2, 0.25) is 0 Å². The summed E-state index contributed by atoms with van der Waals surface area (Å²) < 4.78 is 10.7. The number of nitrogens with one attached hydrogen (secondary N) is 1. The summed E-state index contributed by atoms with van der Waals surface area (Å²) in [4.78, 5) is 12.8. The number of hydrogen-bond donors (Lipinski definition) is 1. The highest BCUT2D eigenvalue weighted by Gasteiger charge is 2.53. The second kappa shape index (κ2) is 6.79. The van der Waals surface area contributed by atoms with Crippen molar-refractivity contribution in [3.8, 4) is 11.5 Å². The molecule has 0 radical (unpaired) electrons. The minimum atomic E-state index is 0.0831. The monoisotopic (exact) mass is 357 g/mol. The van der Waals surface area contributed by atoms with Gasteiger partial charge in [0.15, 0.2) is 0 Å². The van der Waals surface area contributed by atoms with E-state index in [0.29, 0.717) is 11.8 Å². The third kappa shape index (κ3) is 3.19. The first-order valence-electron chi connectivity index (χ1n) is 10.0. The van der Waals surface area contributed by atoms with Crippen LogP contribution in [0.5, 0.6) is 11.5 Å². The molecule has 5 rings (SSSR count). The number of benzene rings is 1. The van der Waals surface area contributed by atoms with E-state index in [1.165, 1.54) is 38.5 Å². The molecule has 1 atom stereocenters. The Kier molecular flexibility index (Phi) is 4.62. The van der Waals surface area contributed by atoms with Gasteiger partial charge in [0.05, 0.1) is 20.6 Å². The molecule has 0 heterocycles. The van der Waals surface area contributed by atoms with E-state index in [2.05, 4.69) is 12.2 Å². The Labute approximate surface area is 156 Å². The Morgan fingerprint density at radius 3 is 2.27 bits per heavy atom. The normalized spacial score (nSPS) is 33.0. The topological polar surface area (TPSA) is 47.6 Å². The molecule has 4 heteroatoms. The highest BCUT2D eigenvalue weighted by atomic mass is 16.5. The number of hydrogen-bond acceptors (Lipinski definition) is 3. The Bertz CT molecular complexity index is 649. The van der Waals surface area contributed by atoms with Crippen molar-refractivity contribution in [2.45, 2.75) is 57.9 Å². The van der Waals surface area contributed by atoms with Crippen molar-refractivity contribution in [3.63, 3.8) is 0 Å². The number of amides is 1. The van der Waals surface area contributed by atoms with Gasteiger partial charge in [0.25, 0.3) is 0 Å². The number of carbonyl (C=O) groups excluding carboxylic acids is 1. The molecule has 0 aromatic heterocycles. The Morgan fingerprint density at radius 2 is 1.73 bits per heavy atom. The first-order valence-corrected chi connectivity index (χ1v) is 10.0. The molecule has 0 spiro atoms. The summed E-state index contributed by atoms with van der Waals surface area (Å²) in [6.07, 6.45) is 8.55. The van der Waals surface area contributed by atoms with Crippen molar-refractivity contribution in [2.75, 3.05) is 14.2 Å². The maximum Gasteiger partial charge on any atom is 0.224 e. The molecule has 4 saturated carbocycles. The zero-order valence-electron chi connectivity index (χ0n) is 16.2. The van der Waals surface area contributed by atoms with Gasteiger partial charge in [-0.25, -0.2) is 0 Å². The fourth-order valence-corrected chi connectivity index (χ4v) is 6.35. The van der Waals surface area contributed by atoms with Crippen molar-refractivity contribution in [1.29, 1.82) is 0 Å². The van der Waals surface area contributed by atoms with Gasteiger partial charge in [0.2, 0.25) is 5.91 Å². The fourth-order valence-electron chi connectivity index (χ4n) is 6.35. The van der Waals surface area contributed by atoms with Crippen LogP contribution in [0.4, 0.5) is 0 Å². The van der Waals surface area contributed by atoms with Crippen LogP contribution in [-0.2, 0) is 11.2 Å². The summed E-state index contributed by atoms with van der Waals surface area (Å²) in [6.45, 7) is 2.23. The third-order valence-electron chi connectivity index (χ3n) is 7.22. The molecule has 0 saturated heterocycles. The van der Waals surface area contributed by atoms with Crippen LogP contribution in [0.3, 0.4) is 0 Å². The predicted molar refractivity (Wildman–Crippen MR) is 101 cm³/mol. The van der Waals surface area contributed by atoms with Gasteiger partial charge < -0.3 is 14.8 Å². The first kappa shape index (κ1) is 17.7. The van der Waals surface area contributed by atoms with E-state index in [1.54, 1.807) is 14.2 Å². The van der Waals surface area contributed by atoms with Gasteiger partial charge in [-0.15, -0.1) is 0 Å². The molecule has 1 aromatic rings. The molecule has 4 nitrogen and oxygen atoms in total. The quantitative estimate of drug-likeness (QED) is 0.838. The largest absolute Gasteiger partial charge is 0.497 e.